The zero-order chi connectivity index (χ0) is 13.5. The van der Waals surface area contributed by atoms with Crippen LogP contribution in [0.15, 0.2) is 30.3 Å². The molecule has 18 heavy (non-hydrogen) atoms. The molecule has 1 aromatic carbocycles. The highest BCUT2D eigenvalue weighted by atomic mass is 35.5. The van der Waals surface area contributed by atoms with Gasteiger partial charge in [0, 0.05) is 12.4 Å². The third kappa shape index (κ3) is 4.26. The van der Waals surface area contributed by atoms with Gasteiger partial charge in [0.25, 0.3) is 6.43 Å². The van der Waals surface area contributed by atoms with Gasteiger partial charge >= 0.3 is 0 Å². The molecule has 0 spiro atoms. The van der Waals surface area contributed by atoms with Crippen LogP contribution in [-0.2, 0) is 4.79 Å². The standard InChI is InChI=1S/C13H16ClF2NO/c1-10(11-5-3-2-4-6-11)13(18)17(8-7-14)9-12(15)16/h2-6,10,12H,7-9H2,1H3. The lowest BCUT2D eigenvalue weighted by Crippen LogP contribution is -2.39. The molecule has 0 fully saturated rings. The van der Waals surface area contributed by atoms with Gasteiger partial charge in [-0.15, -0.1) is 11.6 Å². The van der Waals surface area contributed by atoms with E-state index >= 15 is 0 Å². The minimum atomic E-state index is -2.54. The molecule has 0 aliphatic rings. The van der Waals surface area contributed by atoms with E-state index in [1.165, 1.54) is 0 Å². The van der Waals surface area contributed by atoms with Crippen molar-refractivity contribution in [1.82, 2.24) is 4.90 Å². The second-order valence-electron chi connectivity index (χ2n) is 4.00. The molecule has 1 atom stereocenters. The van der Waals surface area contributed by atoms with E-state index in [0.717, 1.165) is 10.5 Å². The molecule has 1 rings (SSSR count). The molecule has 0 saturated heterocycles. The topological polar surface area (TPSA) is 20.3 Å². The van der Waals surface area contributed by atoms with Gasteiger partial charge in [-0.3, -0.25) is 4.79 Å². The van der Waals surface area contributed by atoms with E-state index in [9.17, 15) is 13.6 Å². The molecule has 0 aromatic heterocycles. The van der Waals surface area contributed by atoms with Crippen LogP contribution in [0, 0.1) is 0 Å². The Morgan fingerprint density at radius 1 is 1.33 bits per heavy atom. The molecular formula is C13H16ClF2NO. The molecule has 0 saturated carbocycles. The number of benzene rings is 1. The van der Waals surface area contributed by atoms with Crippen molar-refractivity contribution in [3.8, 4) is 0 Å². The smallest absolute Gasteiger partial charge is 0.255 e. The number of hydrogen-bond donors (Lipinski definition) is 0. The Morgan fingerprint density at radius 2 is 1.94 bits per heavy atom. The maximum absolute atomic E-state index is 12.4. The lowest BCUT2D eigenvalue weighted by Gasteiger charge is -2.24. The van der Waals surface area contributed by atoms with Crippen molar-refractivity contribution in [2.24, 2.45) is 0 Å². The summed E-state index contributed by atoms with van der Waals surface area (Å²) in [6.07, 6.45) is -2.54. The molecule has 0 N–H and O–H groups in total. The minimum absolute atomic E-state index is 0.141. The first-order valence-corrected chi connectivity index (χ1v) is 6.27. The van der Waals surface area contributed by atoms with Gasteiger partial charge in [-0.25, -0.2) is 8.78 Å². The fraction of sp³-hybridized carbons (Fsp3) is 0.462. The highest BCUT2D eigenvalue weighted by molar-refractivity contribution is 6.18. The van der Waals surface area contributed by atoms with E-state index in [-0.39, 0.29) is 18.3 Å². The second kappa shape index (κ2) is 7.31. The zero-order valence-corrected chi connectivity index (χ0v) is 10.9. The van der Waals surface area contributed by atoms with Crippen LogP contribution in [0.5, 0.6) is 0 Å². The Balaban J connectivity index is 2.76. The summed E-state index contributed by atoms with van der Waals surface area (Å²) in [5, 5.41) is 0. The summed E-state index contributed by atoms with van der Waals surface area (Å²) in [7, 11) is 0. The van der Waals surface area contributed by atoms with Crippen molar-refractivity contribution >= 4 is 17.5 Å². The largest absolute Gasteiger partial charge is 0.335 e. The van der Waals surface area contributed by atoms with E-state index in [4.69, 9.17) is 11.6 Å². The molecule has 1 amide bonds. The molecule has 0 radical (unpaired) electrons. The summed E-state index contributed by atoms with van der Waals surface area (Å²) >= 11 is 5.54. The van der Waals surface area contributed by atoms with Crippen molar-refractivity contribution in [3.63, 3.8) is 0 Å². The predicted octanol–water partition coefficient (Wildman–Crippen LogP) is 3.12. The monoisotopic (exact) mass is 275 g/mol. The molecule has 0 heterocycles. The van der Waals surface area contributed by atoms with Crippen LogP contribution in [0.25, 0.3) is 0 Å². The number of halogens is 3. The number of nitrogens with zero attached hydrogens (tertiary/aromatic N) is 1. The first-order chi connectivity index (χ1) is 8.56. The lowest BCUT2D eigenvalue weighted by atomic mass is 10.00. The van der Waals surface area contributed by atoms with Crippen molar-refractivity contribution in [1.29, 1.82) is 0 Å². The van der Waals surface area contributed by atoms with Crippen molar-refractivity contribution in [2.45, 2.75) is 19.3 Å². The number of hydrogen-bond acceptors (Lipinski definition) is 1. The van der Waals surface area contributed by atoms with Crippen molar-refractivity contribution in [2.75, 3.05) is 19.0 Å². The maximum Gasteiger partial charge on any atom is 0.255 e. The first-order valence-electron chi connectivity index (χ1n) is 5.74. The normalized spacial score (nSPS) is 12.5. The average molecular weight is 276 g/mol. The Morgan fingerprint density at radius 3 is 2.44 bits per heavy atom. The molecule has 1 unspecified atom stereocenters. The Labute approximate surface area is 111 Å². The number of rotatable bonds is 6. The molecule has 5 heteroatoms. The van der Waals surface area contributed by atoms with Gasteiger partial charge in [0.05, 0.1) is 12.5 Å². The molecule has 0 bridgehead atoms. The Kier molecular flexibility index (Phi) is 6.05. The Hall–Kier alpha value is -1.16. The minimum Gasteiger partial charge on any atom is -0.335 e. The van der Waals surface area contributed by atoms with Gasteiger partial charge in [0.1, 0.15) is 0 Å². The quantitative estimate of drug-likeness (QED) is 0.731. The maximum atomic E-state index is 12.4. The predicted molar refractivity (Wildman–Crippen MR) is 68.2 cm³/mol. The molecule has 1 aromatic rings. The van der Waals surface area contributed by atoms with E-state index < -0.39 is 18.9 Å². The zero-order valence-electron chi connectivity index (χ0n) is 10.2. The summed E-state index contributed by atoms with van der Waals surface area (Å²) in [4.78, 5) is 13.2. The molecular weight excluding hydrogens is 260 g/mol. The van der Waals surface area contributed by atoms with Crippen molar-refractivity contribution in [3.05, 3.63) is 35.9 Å². The van der Waals surface area contributed by atoms with Gasteiger partial charge in [0.2, 0.25) is 5.91 Å². The van der Waals surface area contributed by atoms with E-state index in [2.05, 4.69) is 0 Å². The van der Waals surface area contributed by atoms with Gasteiger partial charge in [0.15, 0.2) is 0 Å². The second-order valence-corrected chi connectivity index (χ2v) is 4.37. The molecule has 0 aliphatic heterocycles. The fourth-order valence-electron chi connectivity index (χ4n) is 1.72. The first kappa shape index (κ1) is 14.9. The number of alkyl halides is 3. The van der Waals surface area contributed by atoms with Gasteiger partial charge in [-0.05, 0) is 12.5 Å². The van der Waals surface area contributed by atoms with Crippen LogP contribution in [0.1, 0.15) is 18.4 Å². The number of carbonyl (C=O) groups is 1. The summed E-state index contributed by atoms with van der Waals surface area (Å²) in [6.45, 7) is 1.29. The van der Waals surface area contributed by atoms with Gasteiger partial charge < -0.3 is 4.90 Å². The van der Waals surface area contributed by atoms with Gasteiger partial charge in [-0.1, -0.05) is 30.3 Å². The summed E-state index contributed by atoms with van der Waals surface area (Å²) < 4.78 is 24.8. The molecule has 2 nitrogen and oxygen atoms in total. The average Bonchev–Trinajstić information content (AvgIpc) is 2.37. The van der Waals surface area contributed by atoms with E-state index in [1.807, 2.05) is 30.3 Å². The lowest BCUT2D eigenvalue weighted by molar-refractivity contribution is -0.134. The van der Waals surface area contributed by atoms with E-state index in [1.54, 1.807) is 6.92 Å². The highest BCUT2D eigenvalue weighted by Crippen LogP contribution is 2.18. The fourth-order valence-corrected chi connectivity index (χ4v) is 1.92. The third-order valence-electron chi connectivity index (χ3n) is 2.69. The summed E-state index contributed by atoms with van der Waals surface area (Å²) in [5.41, 5.74) is 0.816. The van der Waals surface area contributed by atoms with E-state index in [0.29, 0.717) is 0 Å². The van der Waals surface area contributed by atoms with Crippen LogP contribution in [0.3, 0.4) is 0 Å². The van der Waals surface area contributed by atoms with Crippen molar-refractivity contribution < 1.29 is 13.6 Å². The number of carbonyl (C=O) groups excluding carboxylic acids is 1. The SMILES string of the molecule is CC(C(=O)N(CCCl)CC(F)F)c1ccccc1. The highest BCUT2D eigenvalue weighted by Gasteiger charge is 2.23. The molecule has 100 valence electrons. The van der Waals surface area contributed by atoms with Crippen LogP contribution in [-0.4, -0.2) is 36.2 Å². The van der Waals surface area contributed by atoms with Crippen LogP contribution in [0.4, 0.5) is 8.78 Å². The van der Waals surface area contributed by atoms with Crippen LogP contribution in [0.2, 0.25) is 0 Å². The summed E-state index contributed by atoms with van der Waals surface area (Å²) in [5.74, 6) is -0.602. The Bertz CT molecular complexity index is 373. The molecule has 0 aliphatic carbocycles. The third-order valence-corrected chi connectivity index (χ3v) is 2.86. The van der Waals surface area contributed by atoms with Crippen LogP contribution >= 0.6 is 11.6 Å². The van der Waals surface area contributed by atoms with Gasteiger partial charge in [-0.2, -0.15) is 0 Å². The number of amides is 1. The van der Waals surface area contributed by atoms with Crippen LogP contribution < -0.4 is 0 Å². The summed E-state index contributed by atoms with van der Waals surface area (Å²) in [6, 6.07) is 9.10.